The van der Waals surface area contributed by atoms with Crippen molar-refractivity contribution in [2.75, 3.05) is 11.1 Å². The highest BCUT2D eigenvalue weighted by molar-refractivity contribution is 7.14. The van der Waals surface area contributed by atoms with E-state index in [1.54, 1.807) is 0 Å². The van der Waals surface area contributed by atoms with Crippen molar-refractivity contribution >= 4 is 33.8 Å². The Morgan fingerprint density at radius 3 is 2.76 bits per heavy atom. The molecule has 1 amide bonds. The second-order valence-electron chi connectivity index (χ2n) is 4.72. The molecule has 8 heteroatoms. The maximum Gasteiger partial charge on any atom is 0.282 e. The van der Waals surface area contributed by atoms with E-state index in [1.807, 2.05) is 19.2 Å². The van der Waals surface area contributed by atoms with E-state index in [9.17, 15) is 14.9 Å². The van der Waals surface area contributed by atoms with E-state index in [0.717, 1.165) is 5.69 Å². The van der Waals surface area contributed by atoms with Crippen molar-refractivity contribution in [3.05, 3.63) is 45.0 Å². The van der Waals surface area contributed by atoms with Crippen molar-refractivity contribution in [2.24, 2.45) is 0 Å². The Kier molecular flexibility index (Phi) is 4.18. The van der Waals surface area contributed by atoms with Crippen LogP contribution in [0.3, 0.4) is 0 Å². The number of thiazole rings is 1. The van der Waals surface area contributed by atoms with Crippen LogP contribution in [0.25, 0.3) is 0 Å². The molecule has 2 rings (SSSR count). The molecular formula is C13H14N4O3S. The quantitative estimate of drug-likeness (QED) is 0.512. The Hall–Kier alpha value is -2.48. The van der Waals surface area contributed by atoms with Gasteiger partial charge in [0.25, 0.3) is 11.6 Å². The molecule has 1 aromatic carbocycles. The van der Waals surface area contributed by atoms with Gasteiger partial charge in [-0.2, -0.15) is 0 Å². The van der Waals surface area contributed by atoms with E-state index in [1.165, 1.54) is 29.5 Å². The molecule has 7 nitrogen and oxygen atoms in total. The van der Waals surface area contributed by atoms with Gasteiger partial charge < -0.3 is 5.73 Å². The number of benzene rings is 1. The summed E-state index contributed by atoms with van der Waals surface area (Å²) < 4.78 is 0. The van der Waals surface area contributed by atoms with Gasteiger partial charge in [0, 0.05) is 17.1 Å². The lowest BCUT2D eigenvalue weighted by Gasteiger charge is -2.04. The van der Waals surface area contributed by atoms with Crippen LogP contribution >= 0.6 is 11.3 Å². The van der Waals surface area contributed by atoms with E-state index < -0.39 is 10.8 Å². The minimum Gasteiger partial charge on any atom is -0.399 e. The maximum absolute atomic E-state index is 12.2. The molecule has 0 saturated heterocycles. The summed E-state index contributed by atoms with van der Waals surface area (Å²) in [5.74, 6) is -0.354. The van der Waals surface area contributed by atoms with Gasteiger partial charge >= 0.3 is 0 Å². The number of nitrogens with one attached hydrogen (secondary N) is 1. The van der Waals surface area contributed by atoms with Crippen LogP contribution in [-0.4, -0.2) is 15.8 Å². The molecule has 2 aromatic rings. The first kappa shape index (κ1) is 14.9. The van der Waals surface area contributed by atoms with E-state index in [2.05, 4.69) is 10.3 Å². The molecule has 1 aromatic heterocycles. The third kappa shape index (κ3) is 3.34. The Balaban J connectivity index is 2.27. The molecule has 0 unspecified atom stereocenters. The molecule has 0 aliphatic heterocycles. The van der Waals surface area contributed by atoms with Gasteiger partial charge in [0.15, 0.2) is 5.13 Å². The Morgan fingerprint density at radius 2 is 2.19 bits per heavy atom. The molecule has 0 aliphatic rings. The van der Waals surface area contributed by atoms with Gasteiger partial charge in [-0.1, -0.05) is 13.8 Å². The van der Waals surface area contributed by atoms with Crippen LogP contribution in [0, 0.1) is 10.1 Å². The molecular weight excluding hydrogens is 292 g/mol. The number of amides is 1. The molecule has 0 radical (unpaired) electrons. The minimum atomic E-state index is -0.615. The predicted octanol–water partition coefficient (Wildman–Crippen LogP) is 3.01. The van der Waals surface area contributed by atoms with E-state index >= 15 is 0 Å². The summed E-state index contributed by atoms with van der Waals surface area (Å²) in [7, 11) is 0. The van der Waals surface area contributed by atoms with Crippen LogP contribution in [0.1, 0.15) is 35.8 Å². The average Bonchev–Trinajstić information content (AvgIpc) is 2.86. The second-order valence-corrected chi connectivity index (χ2v) is 5.58. The number of carbonyl (C=O) groups excluding carboxylic acids is 1. The number of nitro benzene ring substituents is 1. The fraction of sp³-hybridized carbons (Fsp3) is 0.231. The van der Waals surface area contributed by atoms with Crippen LogP contribution in [-0.2, 0) is 0 Å². The zero-order valence-electron chi connectivity index (χ0n) is 11.5. The smallest absolute Gasteiger partial charge is 0.282 e. The van der Waals surface area contributed by atoms with Crippen molar-refractivity contribution in [3.63, 3.8) is 0 Å². The molecule has 0 aliphatic carbocycles. The largest absolute Gasteiger partial charge is 0.399 e. The molecule has 1 heterocycles. The summed E-state index contributed by atoms with van der Waals surface area (Å²) in [5.41, 5.74) is 6.36. The van der Waals surface area contributed by atoms with Crippen molar-refractivity contribution in [2.45, 2.75) is 19.8 Å². The lowest BCUT2D eigenvalue weighted by molar-refractivity contribution is -0.385. The van der Waals surface area contributed by atoms with Crippen molar-refractivity contribution in [3.8, 4) is 0 Å². The van der Waals surface area contributed by atoms with Gasteiger partial charge in [-0.25, -0.2) is 4.98 Å². The number of carbonyl (C=O) groups is 1. The van der Waals surface area contributed by atoms with Gasteiger partial charge in [-0.3, -0.25) is 20.2 Å². The SMILES string of the molecule is CC(C)c1csc(NC(=O)c2cc(N)ccc2[N+](=O)[O-])n1. The minimum absolute atomic E-state index is 0.0821. The van der Waals surface area contributed by atoms with E-state index in [0.29, 0.717) is 5.13 Å². The molecule has 0 atom stereocenters. The first-order valence-electron chi connectivity index (χ1n) is 6.19. The first-order valence-corrected chi connectivity index (χ1v) is 7.07. The monoisotopic (exact) mass is 306 g/mol. The molecule has 110 valence electrons. The van der Waals surface area contributed by atoms with Gasteiger partial charge in [0.2, 0.25) is 0 Å². The highest BCUT2D eigenvalue weighted by Gasteiger charge is 2.21. The fourth-order valence-corrected chi connectivity index (χ4v) is 2.53. The van der Waals surface area contributed by atoms with Crippen LogP contribution in [0.5, 0.6) is 0 Å². The number of hydrogen-bond donors (Lipinski definition) is 2. The molecule has 21 heavy (non-hydrogen) atoms. The number of aromatic nitrogens is 1. The Morgan fingerprint density at radius 1 is 1.48 bits per heavy atom. The zero-order chi connectivity index (χ0) is 15.6. The van der Waals surface area contributed by atoms with Gasteiger partial charge in [0.1, 0.15) is 5.56 Å². The fourth-order valence-electron chi connectivity index (χ4n) is 1.67. The molecule has 0 fully saturated rings. The van der Waals surface area contributed by atoms with Gasteiger partial charge in [0.05, 0.1) is 10.6 Å². The molecule has 0 saturated carbocycles. The van der Waals surface area contributed by atoms with Crippen LogP contribution < -0.4 is 11.1 Å². The van der Waals surface area contributed by atoms with Crippen molar-refractivity contribution in [1.29, 1.82) is 0 Å². The topological polar surface area (TPSA) is 111 Å². The maximum atomic E-state index is 12.2. The predicted molar refractivity (Wildman–Crippen MR) is 81.7 cm³/mol. The normalized spacial score (nSPS) is 10.6. The molecule has 0 bridgehead atoms. The summed E-state index contributed by atoms with van der Waals surface area (Å²) in [6, 6.07) is 3.88. The number of nitrogen functional groups attached to an aromatic ring is 1. The summed E-state index contributed by atoms with van der Waals surface area (Å²) in [6.07, 6.45) is 0. The first-order chi connectivity index (χ1) is 9.88. The lowest BCUT2D eigenvalue weighted by atomic mass is 10.1. The molecule has 3 N–H and O–H groups in total. The zero-order valence-corrected chi connectivity index (χ0v) is 12.3. The second kappa shape index (κ2) is 5.88. The van der Waals surface area contributed by atoms with Crippen LogP contribution in [0.15, 0.2) is 23.6 Å². The lowest BCUT2D eigenvalue weighted by Crippen LogP contribution is -2.14. The number of hydrogen-bond acceptors (Lipinski definition) is 6. The standard InChI is InChI=1S/C13H14N4O3S/c1-7(2)10-6-21-13(15-10)16-12(18)9-5-8(14)3-4-11(9)17(19)20/h3-7H,14H2,1-2H3,(H,15,16,18). The highest BCUT2D eigenvalue weighted by Crippen LogP contribution is 2.25. The van der Waals surface area contributed by atoms with Gasteiger partial charge in [-0.15, -0.1) is 11.3 Å². The summed E-state index contributed by atoms with van der Waals surface area (Å²) in [4.78, 5) is 26.8. The van der Waals surface area contributed by atoms with Crippen LogP contribution in [0.4, 0.5) is 16.5 Å². The van der Waals surface area contributed by atoms with E-state index in [-0.39, 0.29) is 22.9 Å². The number of nitrogens with zero attached hydrogens (tertiary/aromatic N) is 2. The molecule has 0 spiro atoms. The third-order valence-corrected chi connectivity index (χ3v) is 3.57. The number of rotatable bonds is 4. The van der Waals surface area contributed by atoms with Crippen molar-refractivity contribution < 1.29 is 9.72 Å². The summed E-state index contributed by atoms with van der Waals surface area (Å²) >= 11 is 1.28. The third-order valence-electron chi connectivity index (χ3n) is 2.80. The highest BCUT2D eigenvalue weighted by atomic mass is 32.1. The number of nitrogens with two attached hydrogens (primary N) is 1. The Bertz CT molecular complexity index is 696. The van der Waals surface area contributed by atoms with Crippen molar-refractivity contribution in [1.82, 2.24) is 4.98 Å². The van der Waals surface area contributed by atoms with E-state index in [4.69, 9.17) is 5.73 Å². The summed E-state index contributed by atoms with van der Waals surface area (Å²) in [6.45, 7) is 3.98. The Labute approximate surface area is 125 Å². The number of anilines is 2. The summed E-state index contributed by atoms with van der Waals surface area (Å²) in [5, 5.41) is 15.8. The number of nitro groups is 1. The van der Waals surface area contributed by atoms with Gasteiger partial charge in [-0.05, 0) is 18.1 Å². The average molecular weight is 306 g/mol. The van der Waals surface area contributed by atoms with Crippen LogP contribution in [0.2, 0.25) is 0 Å².